The van der Waals surface area contributed by atoms with Gasteiger partial charge in [-0.15, -0.1) is 16.4 Å². The molecule has 8 heteroatoms. The summed E-state index contributed by atoms with van der Waals surface area (Å²) < 4.78 is 2.02. The molecule has 4 rings (SSSR count). The van der Waals surface area contributed by atoms with Gasteiger partial charge in [0.05, 0.1) is 18.3 Å². The first-order valence-corrected chi connectivity index (χ1v) is 8.76. The predicted octanol–water partition coefficient (Wildman–Crippen LogP) is 1.48. The molecule has 1 saturated carbocycles. The van der Waals surface area contributed by atoms with Crippen LogP contribution in [0.25, 0.3) is 0 Å². The minimum absolute atomic E-state index is 0.463. The first-order valence-electron chi connectivity index (χ1n) is 7.88. The Hall–Kier alpha value is -1.54. The highest BCUT2D eigenvalue weighted by Gasteiger charge is 2.30. The van der Waals surface area contributed by atoms with Crippen LogP contribution in [0.4, 0.5) is 5.13 Å². The number of aromatic nitrogens is 5. The Kier molecular flexibility index (Phi) is 3.57. The van der Waals surface area contributed by atoms with Crippen molar-refractivity contribution in [2.45, 2.75) is 45.3 Å². The number of rotatable bonds is 4. The Morgan fingerprint density at radius 1 is 1.32 bits per heavy atom. The van der Waals surface area contributed by atoms with E-state index in [1.807, 2.05) is 4.68 Å². The standard InChI is InChI=1S/C14H21N7S/c1-10-9-22-14(15-10)20-6-5-19(7-11(20)2)8-13-16-17-18-21(13)12-3-4-12/h9,11-12H,3-8H2,1-2H3/t11-/m1/s1. The summed E-state index contributed by atoms with van der Waals surface area (Å²) in [7, 11) is 0. The van der Waals surface area contributed by atoms with Gasteiger partial charge in [-0.05, 0) is 37.1 Å². The number of aryl methyl sites for hydroxylation is 1. The largest absolute Gasteiger partial charge is 0.343 e. The number of hydrogen-bond donors (Lipinski definition) is 0. The highest BCUT2D eigenvalue weighted by molar-refractivity contribution is 7.13. The molecule has 0 spiro atoms. The van der Waals surface area contributed by atoms with E-state index in [9.17, 15) is 0 Å². The molecule has 2 fully saturated rings. The molecule has 1 saturated heterocycles. The van der Waals surface area contributed by atoms with Gasteiger partial charge in [-0.25, -0.2) is 9.67 Å². The summed E-state index contributed by atoms with van der Waals surface area (Å²) >= 11 is 1.74. The SMILES string of the molecule is Cc1csc(N2CCN(Cc3nnnn3C3CC3)C[C@H]2C)n1. The Bertz CT molecular complexity index is 647. The van der Waals surface area contributed by atoms with Gasteiger partial charge in [0.15, 0.2) is 11.0 Å². The molecule has 0 bridgehead atoms. The maximum atomic E-state index is 4.62. The molecular formula is C14H21N7S. The fourth-order valence-electron chi connectivity index (χ4n) is 3.05. The molecule has 2 aliphatic rings. The Morgan fingerprint density at radius 3 is 2.86 bits per heavy atom. The van der Waals surface area contributed by atoms with Gasteiger partial charge in [0.1, 0.15) is 0 Å². The second-order valence-electron chi connectivity index (χ2n) is 6.32. The van der Waals surface area contributed by atoms with Gasteiger partial charge >= 0.3 is 0 Å². The number of hydrogen-bond acceptors (Lipinski definition) is 7. The van der Waals surface area contributed by atoms with Crippen LogP contribution in [-0.4, -0.2) is 55.8 Å². The first-order chi connectivity index (χ1) is 10.7. The van der Waals surface area contributed by atoms with E-state index >= 15 is 0 Å². The number of thiazole rings is 1. The van der Waals surface area contributed by atoms with Gasteiger partial charge in [-0.3, -0.25) is 4.90 Å². The summed E-state index contributed by atoms with van der Waals surface area (Å²) in [5.41, 5.74) is 1.11. The highest BCUT2D eigenvalue weighted by Crippen LogP contribution is 2.34. The van der Waals surface area contributed by atoms with E-state index in [0.717, 1.165) is 42.8 Å². The maximum absolute atomic E-state index is 4.62. The van der Waals surface area contributed by atoms with E-state index in [1.54, 1.807) is 11.3 Å². The van der Waals surface area contributed by atoms with Crippen LogP contribution in [0.2, 0.25) is 0 Å². The molecule has 22 heavy (non-hydrogen) atoms. The van der Waals surface area contributed by atoms with Gasteiger partial charge in [-0.2, -0.15) is 0 Å². The lowest BCUT2D eigenvalue weighted by atomic mass is 10.2. The zero-order valence-corrected chi connectivity index (χ0v) is 13.8. The van der Waals surface area contributed by atoms with Gasteiger partial charge in [0.25, 0.3) is 0 Å². The van der Waals surface area contributed by atoms with Crippen molar-refractivity contribution in [3.63, 3.8) is 0 Å². The Labute approximate surface area is 133 Å². The topological polar surface area (TPSA) is 63.0 Å². The van der Waals surface area contributed by atoms with E-state index in [0.29, 0.717) is 12.1 Å². The fraction of sp³-hybridized carbons (Fsp3) is 0.714. The van der Waals surface area contributed by atoms with E-state index in [2.05, 4.69) is 49.5 Å². The summed E-state index contributed by atoms with van der Waals surface area (Å²) in [6.45, 7) is 8.24. The molecule has 0 aromatic carbocycles. The van der Waals surface area contributed by atoms with Gasteiger partial charge in [-0.1, -0.05) is 0 Å². The second-order valence-corrected chi connectivity index (χ2v) is 7.16. The second kappa shape index (κ2) is 5.58. The minimum atomic E-state index is 0.463. The number of anilines is 1. The van der Waals surface area contributed by atoms with Crippen LogP contribution in [-0.2, 0) is 6.54 Å². The van der Waals surface area contributed by atoms with Crippen molar-refractivity contribution in [2.24, 2.45) is 0 Å². The van der Waals surface area contributed by atoms with Crippen LogP contribution in [0.15, 0.2) is 5.38 Å². The molecule has 0 amide bonds. The van der Waals surface area contributed by atoms with Crippen molar-refractivity contribution in [3.8, 4) is 0 Å². The smallest absolute Gasteiger partial charge is 0.185 e. The van der Waals surface area contributed by atoms with Crippen molar-refractivity contribution in [1.29, 1.82) is 0 Å². The number of tetrazole rings is 1. The summed E-state index contributed by atoms with van der Waals surface area (Å²) in [5.74, 6) is 1.01. The molecule has 118 valence electrons. The van der Waals surface area contributed by atoms with Crippen LogP contribution < -0.4 is 4.90 Å². The van der Waals surface area contributed by atoms with Gasteiger partial charge in [0.2, 0.25) is 0 Å². The fourth-order valence-corrected chi connectivity index (χ4v) is 3.99. The van der Waals surface area contributed by atoms with Crippen LogP contribution in [0, 0.1) is 6.92 Å². The zero-order chi connectivity index (χ0) is 15.1. The quantitative estimate of drug-likeness (QED) is 0.851. The third-order valence-corrected chi connectivity index (χ3v) is 5.38. The molecule has 0 unspecified atom stereocenters. The normalized spacial score (nSPS) is 23.2. The van der Waals surface area contributed by atoms with Crippen LogP contribution in [0.1, 0.15) is 37.3 Å². The number of piperazine rings is 1. The molecule has 7 nitrogen and oxygen atoms in total. The van der Waals surface area contributed by atoms with E-state index in [-0.39, 0.29) is 0 Å². The molecule has 1 aliphatic heterocycles. The summed E-state index contributed by atoms with van der Waals surface area (Å²) in [6, 6.07) is 1.01. The van der Waals surface area contributed by atoms with Crippen molar-refractivity contribution in [1.82, 2.24) is 30.1 Å². The molecule has 0 radical (unpaired) electrons. The number of nitrogens with zero attached hydrogens (tertiary/aromatic N) is 7. The lowest BCUT2D eigenvalue weighted by molar-refractivity contribution is 0.212. The third kappa shape index (κ3) is 2.72. The van der Waals surface area contributed by atoms with Crippen molar-refractivity contribution >= 4 is 16.5 Å². The van der Waals surface area contributed by atoms with Crippen LogP contribution in [0.5, 0.6) is 0 Å². The minimum Gasteiger partial charge on any atom is -0.343 e. The maximum Gasteiger partial charge on any atom is 0.185 e. The molecule has 1 atom stereocenters. The molecular weight excluding hydrogens is 298 g/mol. The molecule has 0 N–H and O–H groups in total. The average Bonchev–Trinajstić information content (AvgIpc) is 3.09. The average molecular weight is 319 g/mol. The van der Waals surface area contributed by atoms with E-state index in [1.165, 1.54) is 12.8 Å². The lowest BCUT2D eigenvalue weighted by Gasteiger charge is -2.39. The molecule has 2 aromatic heterocycles. The van der Waals surface area contributed by atoms with Crippen molar-refractivity contribution in [3.05, 3.63) is 16.9 Å². The summed E-state index contributed by atoms with van der Waals surface area (Å²) in [5, 5.41) is 15.5. The Balaban J connectivity index is 1.41. The highest BCUT2D eigenvalue weighted by atomic mass is 32.1. The summed E-state index contributed by atoms with van der Waals surface area (Å²) in [4.78, 5) is 9.49. The zero-order valence-electron chi connectivity index (χ0n) is 13.0. The third-order valence-electron chi connectivity index (χ3n) is 4.38. The predicted molar refractivity (Wildman–Crippen MR) is 85.0 cm³/mol. The van der Waals surface area contributed by atoms with E-state index in [4.69, 9.17) is 0 Å². The van der Waals surface area contributed by atoms with Crippen molar-refractivity contribution in [2.75, 3.05) is 24.5 Å². The monoisotopic (exact) mass is 319 g/mol. The Morgan fingerprint density at radius 2 is 2.18 bits per heavy atom. The lowest BCUT2D eigenvalue weighted by Crippen LogP contribution is -2.51. The molecule has 2 aromatic rings. The molecule has 1 aliphatic carbocycles. The van der Waals surface area contributed by atoms with E-state index < -0.39 is 0 Å². The van der Waals surface area contributed by atoms with Crippen molar-refractivity contribution < 1.29 is 0 Å². The molecule has 3 heterocycles. The van der Waals surface area contributed by atoms with Gasteiger partial charge < -0.3 is 4.90 Å². The van der Waals surface area contributed by atoms with Gasteiger partial charge in [0, 0.05) is 31.1 Å². The first kappa shape index (κ1) is 14.1. The van der Waals surface area contributed by atoms with Crippen LogP contribution >= 0.6 is 11.3 Å². The summed E-state index contributed by atoms with van der Waals surface area (Å²) in [6.07, 6.45) is 2.43. The van der Waals surface area contributed by atoms with Crippen LogP contribution in [0.3, 0.4) is 0 Å².